The fourth-order valence-electron chi connectivity index (χ4n) is 0. The van der Waals surface area contributed by atoms with Crippen molar-refractivity contribution in [2.45, 2.75) is 26.7 Å². The summed E-state index contributed by atoms with van der Waals surface area (Å²) in [5.74, 6) is 0. The molecule has 2 nitrogen and oxygen atoms in total. The van der Waals surface area contributed by atoms with Crippen molar-refractivity contribution in [3.05, 3.63) is 0 Å². The third kappa shape index (κ3) is 122. The Morgan fingerprint density at radius 3 is 0.909 bits per heavy atom. The molecule has 0 saturated carbocycles. The van der Waals surface area contributed by atoms with Gasteiger partial charge in [-0.15, -0.1) is 0 Å². The van der Waals surface area contributed by atoms with Crippen LogP contribution < -0.4 is 0 Å². The van der Waals surface area contributed by atoms with Crippen molar-refractivity contribution in [1.29, 1.82) is 0 Å². The van der Waals surface area contributed by atoms with Crippen LogP contribution in [0.25, 0.3) is 0 Å². The molecule has 0 aromatic rings. The first kappa shape index (κ1) is 30.0. The van der Waals surface area contributed by atoms with E-state index < -0.39 is 0 Å². The van der Waals surface area contributed by atoms with E-state index >= 15 is 0 Å². The average molecular weight is 208 g/mol. The number of halogens is 2. The van der Waals surface area contributed by atoms with Crippen LogP contribution in [0.5, 0.6) is 0 Å². The second-order valence-electron chi connectivity index (χ2n) is 1.45. The predicted molar refractivity (Wildman–Crippen MR) is 39.8 cm³/mol. The number of aliphatic hydroxyl groups excluding tert-OH is 2. The number of rotatable bonds is 2. The van der Waals surface area contributed by atoms with Crippen LogP contribution >= 0.6 is 0 Å². The summed E-state index contributed by atoms with van der Waals surface area (Å²) in [4.78, 5) is 0. The van der Waals surface area contributed by atoms with Gasteiger partial charge in [-0.3, -0.25) is 9.41 Å². The van der Waals surface area contributed by atoms with Crippen molar-refractivity contribution in [1.82, 2.24) is 0 Å². The van der Waals surface area contributed by atoms with Gasteiger partial charge in [0.25, 0.3) is 0 Å². The molecule has 0 radical (unpaired) electrons. The van der Waals surface area contributed by atoms with E-state index in [9.17, 15) is 0 Å². The zero-order chi connectivity index (χ0) is 6.83. The first-order valence-electron chi connectivity index (χ1n) is 3.05. The molecule has 0 saturated heterocycles. The molecule has 0 atom stereocenters. The fourth-order valence-corrected chi connectivity index (χ4v) is 0. The Labute approximate surface area is 81.6 Å². The normalized spacial score (nSPS) is 5.45. The number of aliphatic hydroxyl groups is 2. The summed E-state index contributed by atoms with van der Waals surface area (Å²) in [6.45, 7) is 4.50. The summed E-state index contributed by atoms with van der Waals surface area (Å²) in [6, 6.07) is 0. The van der Waals surface area contributed by atoms with E-state index in [1.807, 2.05) is 13.8 Å². The zero-order valence-corrected chi connectivity index (χ0v) is 8.60. The van der Waals surface area contributed by atoms with Gasteiger partial charge in [0.05, 0.1) is 0 Å². The van der Waals surface area contributed by atoms with Gasteiger partial charge in [0.2, 0.25) is 0 Å². The molecule has 0 aliphatic carbocycles. The van der Waals surface area contributed by atoms with Crippen LogP contribution in [0.4, 0.5) is 9.41 Å². The number of hydrogen-bond donors (Lipinski definition) is 2. The maximum absolute atomic E-state index is 7.88. The Balaban J connectivity index is -0.0000000171. The average Bonchev–Trinajstić information content (AvgIpc) is 1.88. The van der Waals surface area contributed by atoms with Gasteiger partial charge in [-0.25, -0.2) is 0 Å². The standard InChI is InChI=1S/2C3H8O.2FH.Ti/c2*1-2-3-4;;;/h2*4H,2-3H2,1H3;2*1H;. The van der Waals surface area contributed by atoms with Crippen molar-refractivity contribution in [2.24, 2.45) is 0 Å². The van der Waals surface area contributed by atoms with Crippen molar-refractivity contribution < 1.29 is 41.3 Å². The summed E-state index contributed by atoms with van der Waals surface area (Å²) in [6.07, 6.45) is 1.75. The Kier molecular flexibility index (Phi) is 128. The molecule has 11 heavy (non-hydrogen) atoms. The fraction of sp³-hybridized carbons (Fsp3) is 1.00. The second kappa shape index (κ2) is 46.8. The SMILES string of the molecule is CCCO.CCCO.F.F.[Ti]. The van der Waals surface area contributed by atoms with Crippen LogP contribution in [0.1, 0.15) is 26.7 Å². The number of hydrogen-bond acceptors (Lipinski definition) is 2. The van der Waals surface area contributed by atoms with E-state index in [1.165, 1.54) is 0 Å². The van der Waals surface area contributed by atoms with Gasteiger partial charge in [-0.2, -0.15) is 0 Å². The molecule has 0 aromatic heterocycles. The largest absolute Gasteiger partial charge is 0.396 e. The minimum Gasteiger partial charge on any atom is -0.396 e. The zero-order valence-electron chi connectivity index (χ0n) is 7.04. The Morgan fingerprint density at radius 1 is 0.818 bits per heavy atom. The summed E-state index contributed by atoms with van der Waals surface area (Å²) < 4.78 is 0. The summed E-state index contributed by atoms with van der Waals surface area (Å²) >= 11 is 0. The van der Waals surface area contributed by atoms with Gasteiger partial charge in [0, 0.05) is 34.9 Å². The Morgan fingerprint density at radius 2 is 0.909 bits per heavy atom. The van der Waals surface area contributed by atoms with Gasteiger partial charge < -0.3 is 10.2 Å². The van der Waals surface area contributed by atoms with E-state index in [0.29, 0.717) is 13.2 Å². The van der Waals surface area contributed by atoms with Gasteiger partial charge in [0.1, 0.15) is 0 Å². The van der Waals surface area contributed by atoms with E-state index in [0.717, 1.165) is 12.8 Å². The molecule has 0 rings (SSSR count). The van der Waals surface area contributed by atoms with E-state index in [4.69, 9.17) is 10.2 Å². The molecule has 72 valence electrons. The predicted octanol–water partition coefficient (Wildman–Crippen LogP) is 1.08. The van der Waals surface area contributed by atoms with Crippen molar-refractivity contribution in [3.8, 4) is 0 Å². The van der Waals surface area contributed by atoms with Crippen molar-refractivity contribution >= 4 is 0 Å². The monoisotopic (exact) mass is 208 g/mol. The molecule has 5 heteroatoms. The Bertz CT molecular complexity index is 26.5. The summed E-state index contributed by atoms with van der Waals surface area (Å²) in [5.41, 5.74) is 0. The van der Waals surface area contributed by atoms with Crippen LogP contribution in [-0.4, -0.2) is 23.4 Å². The molecule has 2 N–H and O–H groups in total. The molecular weight excluding hydrogens is 190 g/mol. The molecule has 0 aromatic carbocycles. The van der Waals surface area contributed by atoms with Crippen LogP contribution in [-0.2, 0) is 21.7 Å². The van der Waals surface area contributed by atoms with E-state index in [-0.39, 0.29) is 31.1 Å². The topological polar surface area (TPSA) is 40.5 Å². The first-order chi connectivity index (χ1) is 3.83. The van der Waals surface area contributed by atoms with E-state index in [1.54, 1.807) is 0 Å². The molecule has 0 heterocycles. The third-order valence-corrected chi connectivity index (χ3v) is 0.447. The molecule has 0 amide bonds. The van der Waals surface area contributed by atoms with Gasteiger partial charge >= 0.3 is 0 Å². The molecule has 0 bridgehead atoms. The second-order valence-corrected chi connectivity index (χ2v) is 1.45. The van der Waals surface area contributed by atoms with Crippen molar-refractivity contribution in [3.63, 3.8) is 0 Å². The van der Waals surface area contributed by atoms with Crippen molar-refractivity contribution in [2.75, 3.05) is 13.2 Å². The Hall–Kier alpha value is 0.494. The summed E-state index contributed by atoms with van der Waals surface area (Å²) in [7, 11) is 0. The molecule has 0 aliphatic rings. The molecule has 0 fully saturated rings. The molecular formula is C6H18F2O2Ti. The molecule has 0 aliphatic heterocycles. The molecule has 0 spiro atoms. The third-order valence-electron chi connectivity index (χ3n) is 0.447. The van der Waals surface area contributed by atoms with Gasteiger partial charge in [-0.1, -0.05) is 13.8 Å². The van der Waals surface area contributed by atoms with Crippen LogP contribution in [0.3, 0.4) is 0 Å². The minimum absolute atomic E-state index is 0. The quantitative estimate of drug-likeness (QED) is 0.666. The van der Waals surface area contributed by atoms with E-state index in [2.05, 4.69) is 0 Å². The van der Waals surface area contributed by atoms with Crippen LogP contribution in [0.2, 0.25) is 0 Å². The smallest absolute Gasteiger partial charge is 0.0428 e. The van der Waals surface area contributed by atoms with Gasteiger partial charge in [-0.05, 0) is 12.8 Å². The van der Waals surface area contributed by atoms with Crippen LogP contribution in [0, 0.1) is 0 Å². The van der Waals surface area contributed by atoms with Crippen LogP contribution in [0.15, 0.2) is 0 Å². The van der Waals surface area contributed by atoms with Gasteiger partial charge in [0.15, 0.2) is 0 Å². The first-order valence-corrected chi connectivity index (χ1v) is 3.05. The maximum Gasteiger partial charge on any atom is 0.0428 e. The maximum atomic E-state index is 7.88. The summed E-state index contributed by atoms with van der Waals surface area (Å²) in [5, 5.41) is 15.8. The minimum atomic E-state index is 0. The molecule has 0 unspecified atom stereocenters.